The molecule has 1 rings (SSSR count). The summed E-state index contributed by atoms with van der Waals surface area (Å²) in [6.45, 7) is 3.43. The number of hydrogen-bond acceptors (Lipinski definition) is 6. The number of benzene rings is 1. The fraction of sp³-hybridized carbons (Fsp3) is 0.200. The van der Waals surface area contributed by atoms with Gasteiger partial charge >= 0.3 is 5.97 Å². The van der Waals surface area contributed by atoms with Crippen molar-refractivity contribution in [1.82, 2.24) is 0 Å². The van der Waals surface area contributed by atoms with Crippen LogP contribution in [0.4, 0.5) is 0 Å². The van der Waals surface area contributed by atoms with Crippen molar-refractivity contribution in [3.8, 4) is 23.3 Å². The maximum atomic E-state index is 11.6. The van der Waals surface area contributed by atoms with Crippen molar-refractivity contribution in [2.45, 2.75) is 0 Å². The molecule has 0 bridgehead atoms. The van der Waals surface area contributed by atoms with Gasteiger partial charge in [-0.25, -0.2) is 4.79 Å². The number of phenols is 1. The van der Waals surface area contributed by atoms with E-state index in [1.165, 1.54) is 38.5 Å². The molecule has 0 aliphatic heterocycles. The lowest BCUT2D eigenvalue weighted by molar-refractivity contribution is -0.137. The molecule has 0 aromatic heterocycles. The van der Waals surface area contributed by atoms with Gasteiger partial charge < -0.3 is 19.3 Å². The number of aromatic hydroxyl groups is 1. The van der Waals surface area contributed by atoms with Crippen molar-refractivity contribution >= 4 is 12.0 Å². The Labute approximate surface area is 122 Å². The lowest BCUT2D eigenvalue weighted by atomic mass is 10.1. The number of carbonyl (C=O) groups is 1. The van der Waals surface area contributed by atoms with Crippen LogP contribution in [0.15, 0.2) is 30.4 Å². The van der Waals surface area contributed by atoms with Crippen molar-refractivity contribution in [1.29, 1.82) is 5.26 Å². The Morgan fingerprint density at radius 1 is 1.38 bits per heavy atom. The Morgan fingerprint density at radius 2 is 1.95 bits per heavy atom. The van der Waals surface area contributed by atoms with Crippen LogP contribution < -0.4 is 9.47 Å². The fourth-order valence-corrected chi connectivity index (χ4v) is 1.51. The molecule has 6 heteroatoms. The third-order valence-corrected chi connectivity index (χ3v) is 2.49. The molecule has 0 atom stereocenters. The van der Waals surface area contributed by atoms with Crippen molar-refractivity contribution in [3.63, 3.8) is 0 Å². The largest absolute Gasteiger partial charge is 0.502 e. The molecule has 0 saturated carbocycles. The minimum atomic E-state index is -0.761. The standard InChI is InChI=1S/C15H15NO5/c1-4-5-21-15(18)11(9-16)6-10-7-12(19-2)14(17)13(8-10)20-3/h4,6-8,17H,1,5H2,2-3H3/b11-6+. The van der Waals surface area contributed by atoms with Crippen LogP contribution in [-0.4, -0.2) is 31.9 Å². The molecule has 6 nitrogen and oxygen atoms in total. The topological polar surface area (TPSA) is 88.8 Å². The summed E-state index contributed by atoms with van der Waals surface area (Å²) in [6.07, 6.45) is 2.72. The number of nitriles is 1. The van der Waals surface area contributed by atoms with Gasteiger partial charge in [-0.2, -0.15) is 5.26 Å². The van der Waals surface area contributed by atoms with E-state index in [4.69, 9.17) is 19.5 Å². The summed E-state index contributed by atoms with van der Waals surface area (Å²) in [5, 5.41) is 18.8. The van der Waals surface area contributed by atoms with Gasteiger partial charge in [0.05, 0.1) is 14.2 Å². The van der Waals surface area contributed by atoms with Gasteiger partial charge in [-0.05, 0) is 23.8 Å². The monoisotopic (exact) mass is 289 g/mol. The Morgan fingerprint density at radius 3 is 2.38 bits per heavy atom. The Balaban J connectivity index is 3.20. The number of nitrogens with zero attached hydrogens (tertiary/aromatic N) is 1. The van der Waals surface area contributed by atoms with E-state index in [2.05, 4.69) is 6.58 Å². The molecule has 0 heterocycles. The maximum absolute atomic E-state index is 11.6. The van der Waals surface area contributed by atoms with Crippen LogP contribution in [-0.2, 0) is 9.53 Å². The number of ether oxygens (including phenoxy) is 3. The summed E-state index contributed by atoms with van der Waals surface area (Å²) in [6, 6.07) is 4.69. The fourth-order valence-electron chi connectivity index (χ4n) is 1.51. The van der Waals surface area contributed by atoms with E-state index in [0.717, 1.165) is 0 Å². The second kappa shape index (κ2) is 7.60. The van der Waals surface area contributed by atoms with Crippen molar-refractivity contribution in [2.24, 2.45) is 0 Å². The summed E-state index contributed by atoms with van der Waals surface area (Å²) in [5.41, 5.74) is 0.264. The Kier molecular flexibility index (Phi) is 5.83. The highest BCUT2D eigenvalue weighted by Crippen LogP contribution is 2.37. The molecule has 0 unspecified atom stereocenters. The average Bonchev–Trinajstić information content (AvgIpc) is 2.51. The van der Waals surface area contributed by atoms with E-state index in [1.807, 2.05) is 0 Å². The number of esters is 1. The van der Waals surface area contributed by atoms with Crippen molar-refractivity contribution in [2.75, 3.05) is 20.8 Å². The average molecular weight is 289 g/mol. The molecule has 0 saturated heterocycles. The smallest absolute Gasteiger partial charge is 0.349 e. The zero-order chi connectivity index (χ0) is 15.8. The second-order valence-electron chi connectivity index (χ2n) is 3.83. The maximum Gasteiger partial charge on any atom is 0.349 e. The summed E-state index contributed by atoms with van der Waals surface area (Å²) in [5.74, 6) is -0.594. The van der Waals surface area contributed by atoms with Crippen LogP contribution in [0.1, 0.15) is 5.56 Å². The number of methoxy groups -OCH3 is 2. The molecule has 1 aromatic carbocycles. The van der Waals surface area contributed by atoms with E-state index in [-0.39, 0.29) is 29.4 Å². The molecular formula is C15H15NO5. The first-order valence-corrected chi connectivity index (χ1v) is 5.92. The SMILES string of the molecule is C=CCOC(=O)/C(C#N)=C/c1cc(OC)c(O)c(OC)c1. The van der Waals surface area contributed by atoms with E-state index in [0.29, 0.717) is 5.56 Å². The molecule has 0 fully saturated rings. The molecule has 0 amide bonds. The van der Waals surface area contributed by atoms with Gasteiger partial charge in [-0.1, -0.05) is 12.7 Å². The molecule has 0 spiro atoms. The van der Waals surface area contributed by atoms with Crippen LogP contribution in [0.5, 0.6) is 17.2 Å². The summed E-state index contributed by atoms with van der Waals surface area (Å²) in [7, 11) is 2.76. The minimum Gasteiger partial charge on any atom is -0.502 e. The molecule has 21 heavy (non-hydrogen) atoms. The van der Waals surface area contributed by atoms with Gasteiger partial charge in [0, 0.05) is 0 Å². The summed E-state index contributed by atoms with van der Waals surface area (Å²) < 4.78 is 14.8. The zero-order valence-corrected chi connectivity index (χ0v) is 11.8. The third-order valence-electron chi connectivity index (χ3n) is 2.49. The number of phenolic OH excluding ortho intramolecular Hbond substituents is 1. The highest BCUT2D eigenvalue weighted by Gasteiger charge is 2.14. The third kappa shape index (κ3) is 4.01. The first-order chi connectivity index (χ1) is 10.1. The van der Waals surface area contributed by atoms with Crippen molar-refractivity contribution < 1.29 is 24.1 Å². The predicted octanol–water partition coefficient (Wildman–Crippen LogP) is 2.05. The first kappa shape index (κ1) is 16.1. The van der Waals surface area contributed by atoms with Crippen LogP contribution in [0, 0.1) is 11.3 Å². The molecule has 0 aliphatic rings. The van der Waals surface area contributed by atoms with E-state index >= 15 is 0 Å². The molecule has 110 valence electrons. The summed E-state index contributed by atoms with van der Waals surface area (Å²) in [4.78, 5) is 11.6. The van der Waals surface area contributed by atoms with E-state index in [1.54, 1.807) is 6.07 Å². The summed E-state index contributed by atoms with van der Waals surface area (Å²) >= 11 is 0. The highest BCUT2D eigenvalue weighted by atomic mass is 16.5. The molecule has 1 aromatic rings. The molecule has 0 radical (unpaired) electrons. The number of carbonyl (C=O) groups excluding carboxylic acids is 1. The van der Waals surface area contributed by atoms with Crippen LogP contribution in [0.2, 0.25) is 0 Å². The van der Waals surface area contributed by atoms with Crippen LogP contribution >= 0.6 is 0 Å². The lowest BCUT2D eigenvalue weighted by Crippen LogP contribution is -2.06. The number of rotatable bonds is 6. The van der Waals surface area contributed by atoms with Gasteiger partial charge in [0.2, 0.25) is 5.75 Å². The first-order valence-electron chi connectivity index (χ1n) is 5.92. The quantitative estimate of drug-likeness (QED) is 0.373. The lowest BCUT2D eigenvalue weighted by Gasteiger charge is -2.09. The molecular weight excluding hydrogens is 274 g/mol. The number of hydrogen-bond donors (Lipinski definition) is 1. The van der Waals surface area contributed by atoms with Gasteiger partial charge in [0.25, 0.3) is 0 Å². The van der Waals surface area contributed by atoms with Crippen LogP contribution in [0.25, 0.3) is 6.08 Å². The minimum absolute atomic E-state index is 0.0140. The van der Waals surface area contributed by atoms with Crippen LogP contribution in [0.3, 0.4) is 0 Å². The van der Waals surface area contributed by atoms with Gasteiger partial charge in [-0.15, -0.1) is 0 Å². The van der Waals surface area contributed by atoms with E-state index < -0.39 is 5.97 Å². The van der Waals surface area contributed by atoms with Gasteiger partial charge in [-0.3, -0.25) is 0 Å². The molecule has 0 aliphatic carbocycles. The Hall–Kier alpha value is -2.94. The van der Waals surface area contributed by atoms with E-state index in [9.17, 15) is 9.90 Å². The normalized spacial score (nSPS) is 10.4. The zero-order valence-electron chi connectivity index (χ0n) is 11.8. The van der Waals surface area contributed by atoms with Crippen molar-refractivity contribution in [3.05, 3.63) is 35.9 Å². The van der Waals surface area contributed by atoms with Gasteiger partial charge in [0.1, 0.15) is 18.2 Å². The second-order valence-corrected chi connectivity index (χ2v) is 3.83. The predicted molar refractivity (Wildman–Crippen MR) is 76.0 cm³/mol. The van der Waals surface area contributed by atoms with Gasteiger partial charge in [0.15, 0.2) is 11.5 Å². The molecule has 1 N–H and O–H groups in total. The highest BCUT2D eigenvalue weighted by molar-refractivity contribution is 5.98. The Bertz CT molecular complexity index is 588.